The lowest BCUT2D eigenvalue weighted by atomic mass is 10.1. The maximum Gasteiger partial charge on any atom is 0.253 e. The monoisotopic (exact) mass is 225 g/mol. The lowest BCUT2D eigenvalue weighted by Gasteiger charge is -2.02. The molecule has 0 aliphatic carbocycles. The van der Waals surface area contributed by atoms with Crippen LogP contribution in [0.2, 0.25) is 0 Å². The Kier molecular flexibility index (Phi) is 2.28. The molecule has 0 aliphatic heterocycles. The van der Waals surface area contributed by atoms with Gasteiger partial charge in [-0.3, -0.25) is 9.59 Å². The molecule has 76 valence electrons. The third kappa shape index (κ3) is 1.64. The van der Waals surface area contributed by atoms with Crippen molar-refractivity contribution >= 4 is 27.7 Å². The van der Waals surface area contributed by atoms with Crippen LogP contribution in [0.4, 0.5) is 4.39 Å². The Balaban J connectivity index is 2.99. The smallest absolute Gasteiger partial charge is 0.253 e. The molecule has 1 heterocycles. The van der Waals surface area contributed by atoms with E-state index in [9.17, 15) is 14.0 Å². The summed E-state index contributed by atoms with van der Waals surface area (Å²) >= 11 is 5.29. The van der Waals surface area contributed by atoms with Crippen molar-refractivity contribution in [2.45, 2.75) is 0 Å². The van der Waals surface area contributed by atoms with E-state index in [1.54, 1.807) is 0 Å². The minimum atomic E-state index is -0.781. The van der Waals surface area contributed by atoms with Gasteiger partial charge < -0.3 is 4.98 Å². The second-order valence-corrected chi connectivity index (χ2v) is 3.33. The molecule has 0 saturated heterocycles. The number of carbonyl (C=O) groups excluding carboxylic acids is 1. The number of nitrogens with one attached hydrogen (secondary N) is 1. The second-order valence-electron chi connectivity index (χ2n) is 2.98. The number of aromatic amines is 1. The van der Waals surface area contributed by atoms with Gasteiger partial charge in [0.05, 0.1) is 5.52 Å². The summed E-state index contributed by atoms with van der Waals surface area (Å²) in [6, 6.07) is 5.21. The normalized spacial score (nSPS) is 10.5. The van der Waals surface area contributed by atoms with Crippen LogP contribution in [-0.4, -0.2) is 10.2 Å². The molecule has 1 aromatic carbocycles. The predicted molar refractivity (Wildman–Crippen MR) is 54.7 cm³/mol. The molecule has 0 bridgehead atoms. The number of benzene rings is 1. The molecule has 5 heteroatoms. The van der Waals surface area contributed by atoms with Crippen molar-refractivity contribution in [3.8, 4) is 0 Å². The molecule has 2 rings (SSSR count). The van der Waals surface area contributed by atoms with Crippen LogP contribution in [0.5, 0.6) is 0 Å². The Labute approximate surface area is 88.5 Å². The van der Waals surface area contributed by atoms with Crippen LogP contribution in [0.3, 0.4) is 0 Å². The van der Waals surface area contributed by atoms with Crippen LogP contribution < -0.4 is 5.56 Å². The Hall–Kier alpha value is -1.68. The molecule has 1 N–H and O–H groups in total. The van der Waals surface area contributed by atoms with Crippen molar-refractivity contribution in [3.63, 3.8) is 0 Å². The highest BCUT2D eigenvalue weighted by Crippen LogP contribution is 2.18. The molecular weight excluding hydrogens is 221 g/mol. The number of hydrogen-bond acceptors (Lipinski definition) is 2. The van der Waals surface area contributed by atoms with E-state index in [-0.39, 0.29) is 11.1 Å². The zero-order valence-corrected chi connectivity index (χ0v) is 8.14. The van der Waals surface area contributed by atoms with Gasteiger partial charge in [0.15, 0.2) is 0 Å². The molecular formula is C10H5ClFNO2. The fourth-order valence-corrected chi connectivity index (χ4v) is 1.56. The van der Waals surface area contributed by atoms with Gasteiger partial charge in [-0.05, 0) is 17.7 Å². The van der Waals surface area contributed by atoms with Crippen molar-refractivity contribution in [2.75, 3.05) is 0 Å². The van der Waals surface area contributed by atoms with E-state index in [0.29, 0.717) is 5.39 Å². The summed E-state index contributed by atoms with van der Waals surface area (Å²) in [6.07, 6.45) is 0. The van der Waals surface area contributed by atoms with Gasteiger partial charge in [0, 0.05) is 17.0 Å². The van der Waals surface area contributed by atoms with E-state index < -0.39 is 16.6 Å². The minimum Gasteiger partial charge on any atom is -0.319 e. The van der Waals surface area contributed by atoms with Gasteiger partial charge in [0.2, 0.25) is 5.56 Å². The van der Waals surface area contributed by atoms with Gasteiger partial charge >= 0.3 is 0 Å². The lowest BCUT2D eigenvalue weighted by molar-refractivity contribution is 0.108. The number of halogens is 2. The number of rotatable bonds is 1. The first-order chi connectivity index (χ1) is 7.09. The predicted octanol–water partition coefficient (Wildman–Crippen LogP) is 2.05. The van der Waals surface area contributed by atoms with Crippen molar-refractivity contribution in [2.24, 2.45) is 0 Å². The van der Waals surface area contributed by atoms with Gasteiger partial charge in [-0.15, -0.1) is 0 Å². The first kappa shape index (κ1) is 9.86. The molecule has 15 heavy (non-hydrogen) atoms. The maximum absolute atomic E-state index is 13.3. The molecule has 3 nitrogen and oxygen atoms in total. The van der Waals surface area contributed by atoms with E-state index in [1.165, 1.54) is 18.2 Å². The van der Waals surface area contributed by atoms with Crippen LogP contribution in [0.25, 0.3) is 10.9 Å². The average Bonchev–Trinajstić information content (AvgIpc) is 2.18. The summed E-state index contributed by atoms with van der Waals surface area (Å²) in [5, 5.41) is -0.480. The standard InChI is InChI=1S/C10H5ClFNO2/c11-10(15)6-4-8(14)13-9-5(6)2-1-3-7(9)12/h1-4H,(H,13,14). The molecule has 0 fully saturated rings. The third-order valence-electron chi connectivity index (χ3n) is 2.04. The topological polar surface area (TPSA) is 49.9 Å². The van der Waals surface area contributed by atoms with Crippen LogP contribution in [0.15, 0.2) is 29.1 Å². The fourth-order valence-electron chi connectivity index (χ4n) is 1.41. The summed E-state index contributed by atoms with van der Waals surface area (Å²) in [7, 11) is 0. The number of para-hydroxylation sites is 1. The highest BCUT2D eigenvalue weighted by molar-refractivity contribution is 6.68. The SMILES string of the molecule is O=C(Cl)c1cc(=O)[nH]c2c(F)cccc12. The van der Waals surface area contributed by atoms with Crippen molar-refractivity contribution in [1.82, 2.24) is 4.98 Å². The number of aromatic nitrogens is 1. The molecule has 0 radical (unpaired) electrons. The van der Waals surface area contributed by atoms with E-state index in [2.05, 4.69) is 4.98 Å². The fraction of sp³-hybridized carbons (Fsp3) is 0. The van der Waals surface area contributed by atoms with E-state index in [0.717, 1.165) is 6.07 Å². The summed E-state index contributed by atoms with van der Waals surface area (Å²) in [6.45, 7) is 0. The molecule has 0 atom stereocenters. The number of H-pyrrole nitrogens is 1. The first-order valence-corrected chi connectivity index (χ1v) is 4.49. The van der Waals surface area contributed by atoms with E-state index >= 15 is 0 Å². The number of hydrogen-bond donors (Lipinski definition) is 1. The average molecular weight is 226 g/mol. The number of carbonyl (C=O) groups is 1. The zero-order chi connectivity index (χ0) is 11.0. The maximum atomic E-state index is 13.3. The van der Waals surface area contributed by atoms with E-state index in [4.69, 9.17) is 11.6 Å². The van der Waals surface area contributed by atoms with Gasteiger partial charge in [-0.25, -0.2) is 4.39 Å². The molecule has 0 aliphatic rings. The van der Waals surface area contributed by atoms with Gasteiger partial charge in [-0.1, -0.05) is 12.1 Å². The minimum absolute atomic E-state index is 0.00556. The summed E-state index contributed by atoms with van der Waals surface area (Å²) < 4.78 is 13.3. The highest BCUT2D eigenvalue weighted by Gasteiger charge is 2.11. The Morgan fingerprint density at radius 3 is 2.80 bits per heavy atom. The van der Waals surface area contributed by atoms with Crippen molar-refractivity contribution in [3.05, 3.63) is 46.0 Å². The Morgan fingerprint density at radius 1 is 1.40 bits per heavy atom. The summed E-state index contributed by atoms with van der Waals surface area (Å²) in [5.74, 6) is -0.593. The zero-order valence-electron chi connectivity index (χ0n) is 7.38. The largest absolute Gasteiger partial charge is 0.319 e. The lowest BCUT2D eigenvalue weighted by Crippen LogP contribution is -2.09. The molecule has 1 aromatic heterocycles. The Morgan fingerprint density at radius 2 is 2.13 bits per heavy atom. The third-order valence-corrected chi connectivity index (χ3v) is 2.24. The van der Waals surface area contributed by atoms with Crippen LogP contribution >= 0.6 is 11.6 Å². The molecule has 0 saturated carbocycles. The van der Waals surface area contributed by atoms with Crippen LogP contribution in [0.1, 0.15) is 10.4 Å². The van der Waals surface area contributed by atoms with Crippen molar-refractivity contribution < 1.29 is 9.18 Å². The Bertz CT molecular complexity index is 606. The number of fused-ring (bicyclic) bond motifs is 1. The van der Waals surface area contributed by atoms with E-state index in [1.807, 2.05) is 0 Å². The van der Waals surface area contributed by atoms with Gasteiger partial charge in [0.25, 0.3) is 5.24 Å². The molecule has 0 spiro atoms. The summed E-state index contributed by atoms with van der Waals surface area (Å²) in [4.78, 5) is 24.5. The highest BCUT2D eigenvalue weighted by atomic mass is 35.5. The summed E-state index contributed by atoms with van der Waals surface area (Å²) in [5.41, 5.74) is -0.555. The van der Waals surface area contributed by atoms with Gasteiger partial charge in [-0.2, -0.15) is 0 Å². The number of pyridine rings is 1. The quantitative estimate of drug-likeness (QED) is 0.755. The second kappa shape index (κ2) is 3.47. The van der Waals surface area contributed by atoms with Crippen LogP contribution in [0, 0.1) is 5.82 Å². The molecule has 2 aromatic rings. The molecule has 0 amide bonds. The van der Waals surface area contributed by atoms with Crippen molar-refractivity contribution in [1.29, 1.82) is 0 Å². The van der Waals surface area contributed by atoms with Gasteiger partial charge in [0.1, 0.15) is 5.82 Å². The van der Waals surface area contributed by atoms with Crippen LogP contribution in [-0.2, 0) is 0 Å². The molecule has 0 unspecified atom stereocenters. The first-order valence-electron chi connectivity index (χ1n) is 4.11.